The first kappa shape index (κ1) is 9.97. The summed E-state index contributed by atoms with van der Waals surface area (Å²) in [5.41, 5.74) is 2.39. The van der Waals surface area contributed by atoms with Gasteiger partial charge in [0.25, 0.3) is 0 Å². The van der Waals surface area contributed by atoms with Crippen molar-refractivity contribution in [3.8, 4) is 0 Å². The van der Waals surface area contributed by atoms with Gasteiger partial charge in [0, 0.05) is 19.0 Å². The molecule has 1 saturated heterocycles. The predicted octanol–water partition coefficient (Wildman–Crippen LogP) is 2.09. The van der Waals surface area contributed by atoms with Crippen LogP contribution in [0.4, 0.5) is 0 Å². The fraction of sp³-hybridized carbons (Fsp3) is 0.455. The molecule has 1 aromatic carbocycles. The van der Waals surface area contributed by atoms with Gasteiger partial charge in [0.1, 0.15) is 0 Å². The molecule has 1 aliphatic heterocycles. The Hall–Kier alpha value is -0.570. The van der Waals surface area contributed by atoms with E-state index in [2.05, 4.69) is 17.4 Å². The van der Waals surface area contributed by atoms with Crippen molar-refractivity contribution in [3.63, 3.8) is 0 Å². The molecule has 2 rings (SSSR count). The van der Waals surface area contributed by atoms with E-state index in [0.29, 0.717) is 5.88 Å². The van der Waals surface area contributed by atoms with Crippen LogP contribution < -0.4 is 5.32 Å². The smallest absolute Gasteiger partial charge is 0.0952 e. The second-order valence-electron chi connectivity index (χ2n) is 3.40. The number of ether oxygens (including phenoxy) is 1. The van der Waals surface area contributed by atoms with Crippen LogP contribution in [0.1, 0.15) is 17.2 Å². The van der Waals surface area contributed by atoms with E-state index < -0.39 is 0 Å². The van der Waals surface area contributed by atoms with E-state index in [1.54, 1.807) is 0 Å². The highest BCUT2D eigenvalue weighted by atomic mass is 35.5. The lowest BCUT2D eigenvalue weighted by atomic mass is 10.0. The molecule has 3 heteroatoms. The third-order valence-corrected chi connectivity index (χ3v) is 2.76. The van der Waals surface area contributed by atoms with Gasteiger partial charge in [-0.2, -0.15) is 0 Å². The zero-order valence-corrected chi connectivity index (χ0v) is 8.76. The lowest BCUT2D eigenvalue weighted by molar-refractivity contribution is 0.0273. The molecule has 1 unspecified atom stereocenters. The van der Waals surface area contributed by atoms with Gasteiger partial charge in [-0.25, -0.2) is 0 Å². The van der Waals surface area contributed by atoms with Gasteiger partial charge in [0.05, 0.1) is 12.7 Å². The summed E-state index contributed by atoms with van der Waals surface area (Å²) in [5.74, 6) is 0.552. The van der Waals surface area contributed by atoms with Gasteiger partial charge in [-0.1, -0.05) is 24.3 Å². The molecule has 0 aliphatic carbocycles. The lowest BCUT2D eigenvalue weighted by Gasteiger charge is -2.25. The maximum atomic E-state index is 5.88. The normalized spacial score (nSPS) is 22.2. The topological polar surface area (TPSA) is 21.3 Å². The molecular weight excluding hydrogens is 198 g/mol. The fourth-order valence-corrected chi connectivity index (χ4v) is 1.98. The van der Waals surface area contributed by atoms with Gasteiger partial charge in [-0.3, -0.25) is 0 Å². The molecular formula is C11H14ClNO. The fourth-order valence-electron chi connectivity index (χ4n) is 1.74. The van der Waals surface area contributed by atoms with Crippen LogP contribution in [-0.2, 0) is 10.6 Å². The Morgan fingerprint density at radius 3 is 3.00 bits per heavy atom. The first-order chi connectivity index (χ1) is 6.92. The molecule has 0 bridgehead atoms. The van der Waals surface area contributed by atoms with Gasteiger partial charge in [-0.15, -0.1) is 11.6 Å². The lowest BCUT2D eigenvalue weighted by Crippen LogP contribution is -2.33. The maximum absolute atomic E-state index is 5.88. The molecule has 1 aromatic rings. The van der Waals surface area contributed by atoms with Crippen LogP contribution >= 0.6 is 11.6 Å². The maximum Gasteiger partial charge on any atom is 0.0952 e. The second kappa shape index (κ2) is 4.78. The standard InChI is InChI=1S/C11H14ClNO/c12-7-9-3-1-2-4-10(9)11-8-13-5-6-14-11/h1-4,11,13H,5-8H2. The largest absolute Gasteiger partial charge is 0.371 e. The molecule has 14 heavy (non-hydrogen) atoms. The summed E-state index contributed by atoms with van der Waals surface area (Å²) in [6.45, 7) is 2.61. The van der Waals surface area contributed by atoms with E-state index in [1.165, 1.54) is 11.1 Å². The number of rotatable bonds is 2. The number of nitrogens with one attached hydrogen (secondary N) is 1. The Kier molecular flexibility index (Phi) is 3.40. The zero-order chi connectivity index (χ0) is 9.80. The Labute approximate surface area is 89.2 Å². The summed E-state index contributed by atoms with van der Waals surface area (Å²) in [6.07, 6.45) is 0.165. The third-order valence-electron chi connectivity index (χ3n) is 2.47. The minimum Gasteiger partial charge on any atom is -0.371 e. The molecule has 76 valence electrons. The van der Waals surface area contributed by atoms with Gasteiger partial charge in [-0.05, 0) is 11.1 Å². The summed E-state index contributed by atoms with van der Waals surface area (Å²) in [5, 5.41) is 3.32. The van der Waals surface area contributed by atoms with Crippen molar-refractivity contribution in [2.75, 3.05) is 19.7 Å². The molecule has 0 radical (unpaired) electrons. The van der Waals surface area contributed by atoms with Crippen molar-refractivity contribution < 1.29 is 4.74 Å². The number of morpholine rings is 1. The van der Waals surface area contributed by atoms with Gasteiger partial charge in [0.2, 0.25) is 0 Å². The van der Waals surface area contributed by atoms with Crippen LogP contribution in [0.5, 0.6) is 0 Å². The number of alkyl halides is 1. The Morgan fingerprint density at radius 2 is 2.29 bits per heavy atom. The monoisotopic (exact) mass is 211 g/mol. The number of hydrogen-bond donors (Lipinski definition) is 1. The molecule has 0 spiro atoms. The van der Waals surface area contributed by atoms with Crippen LogP contribution in [0.25, 0.3) is 0 Å². The molecule has 0 saturated carbocycles. The van der Waals surface area contributed by atoms with E-state index >= 15 is 0 Å². The minimum atomic E-state index is 0.165. The zero-order valence-electron chi connectivity index (χ0n) is 8.00. The summed E-state index contributed by atoms with van der Waals surface area (Å²) in [6, 6.07) is 8.19. The Morgan fingerprint density at radius 1 is 1.43 bits per heavy atom. The van der Waals surface area contributed by atoms with E-state index in [4.69, 9.17) is 16.3 Å². The first-order valence-electron chi connectivity index (χ1n) is 4.88. The van der Waals surface area contributed by atoms with Crippen LogP contribution in [0.2, 0.25) is 0 Å². The molecule has 1 fully saturated rings. The molecule has 1 heterocycles. The van der Waals surface area contributed by atoms with Crippen molar-refractivity contribution in [2.24, 2.45) is 0 Å². The van der Waals surface area contributed by atoms with Crippen molar-refractivity contribution in [2.45, 2.75) is 12.0 Å². The molecule has 0 amide bonds. The van der Waals surface area contributed by atoms with Gasteiger partial charge < -0.3 is 10.1 Å². The van der Waals surface area contributed by atoms with Crippen LogP contribution in [-0.4, -0.2) is 19.7 Å². The minimum absolute atomic E-state index is 0.165. The Bertz CT molecular complexity index is 297. The van der Waals surface area contributed by atoms with Crippen molar-refractivity contribution in [1.29, 1.82) is 0 Å². The molecule has 2 nitrogen and oxygen atoms in total. The van der Waals surface area contributed by atoms with Crippen molar-refractivity contribution in [1.82, 2.24) is 5.32 Å². The van der Waals surface area contributed by atoms with E-state index in [0.717, 1.165) is 19.7 Å². The summed E-state index contributed by atoms with van der Waals surface area (Å²) < 4.78 is 5.69. The van der Waals surface area contributed by atoms with Gasteiger partial charge in [0.15, 0.2) is 0 Å². The van der Waals surface area contributed by atoms with E-state index in [1.807, 2.05) is 12.1 Å². The molecule has 1 atom stereocenters. The molecule has 0 aromatic heterocycles. The first-order valence-corrected chi connectivity index (χ1v) is 5.41. The number of halogens is 1. The van der Waals surface area contributed by atoms with Gasteiger partial charge >= 0.3 is 0 Å². The van der Waals surface area contributed by atoms with Crippen molar-refractivity contribution in [3.05, 3.63) is 35.4 Å². The third kappa shape index (κ3) is 2.08. The Balaban J connectivity index is 2.20. The van der Waals surface area contributed by atoms with E-state index in [-0.39, 0.29) is 6.10 Å². The quantitative estimate of drug-likeness (QED) is 0.757. The summed E-state index contributed by atoms with van der Waals surface area (Å²) in [4.78, 5) is 0. The average Bonchev–Trinajstić information content (AvgIpc) is 2.30. The highest BCUT2D eigenvalue weighted by Gasteiger charge is 2.17. The predicted molar refractivity (Wildman–Crippen MR) is 57.6 cm³/mol. The number of benzene rings is 1. The van der Waals surface area contributed by atoms with Crippen molar-refractivity contribution >= 4 is 11.6 Å². The van der Waals surface area contributed by atoms with Crippen LogP contribution in [0.15, 0.2) is 24.3 Å². The SMILES string of the molecule is ClCc1ccccc1C1CNCCO1. The van der Waals surface area contributed by atoms with Crippen LogP contribution in [0.3, 0.4) is 0 Å². The van der Waals surface area contributed by atoms with Crippen LogP contribution in [0, 0.1) is 0 Å². The number of hydrogen-bond acceptors (Lipinski definition) is 2. The highest BCUT2D eigenvalue weighted by Crippen LogP contribution is 2.23. The summed E-state index contributed by atoms with van der Waals surface area (Å²) in [7, 11) is 0. The van der Waals surface area contributed by atoms with E-state index in [9.17, 15) is 0 Å². The molecule has 1 aliphatic rings. The highest BCUT2D eigenvalue weighted by molar-refractivity contribution is 6.17. The average molecular weight is 212 g/mol. The molecule has 1 N–H and O–H groups in total. The second-order valence-corrected chi connectivity index (χ2v) is 3.66. The summed E-state index contributed by atoms with van der Waals surface area (Å²) >= 11 is 5.88.